The van der Waals surface area contributed by atoms with Gasteiger partial charge in [0.15, 0.2) is 0 Å². The molecule has 4 nitrogen and oxygen atoms in total. The molecule has 1 heterocycles. The van der Waals surface area contributed by atoms with Crippen molar-refractivity contribution in [3.8, 4) is 5.69 Å². The number of alkyl halides is 3. The smallest absolute Gasteiger partial charge is 0.183 e. The highest BCUT2D eigenvalue weighted by Gasteiger charge is 2.30. The van der Waals surface area contributed by atoms with Gasteiger partial charge >= 0.3 is 6.18 Å². The molecule has 0 saturated carbocycles. The van der Waals surface area contributed by atoms with Gasteiger partial charge in [0, 0.05) is 0 Å². The van der Waals surface area contributed by atoms with Gasteiger partial charge in [-0.05, 0) is 40.2 Å². The molecule has 0 saturated heterocycles. The van der Waals surface area contributed by atoms with Crippen LogP contribution in [-0.4, -0.2) is 20.2 Å². The molecule has 0 amide bonds. The second-order valence-corrected chi connectivity index (χ2v) is 3.25. The van der Waals surface area contributed by atoms with Crippen molar-refractivity contribution >= 4 is 11.6 Å². The highest BCUT2D eigenvalue weighted by Crippen LogP contribution is 2.30. The second-order valence-electron chi connectivity index (χ2n) is 2.91. The number of nitrogens with zero attached hydrogens (tertiary/aromatic N) is 4. The van der Waals surface area contributed by atoms with Gasteiger partial charge in [-0.2, -0.15) is 17.9 Å². The van der Waals surface area contributed by atoms with Crippen molar-refractivity contribution in [1.82, 2.24) is 20.2 Å². The lowest BCUT2D eigenvalue weighted by molar-refractivity contribution is -0.137. The third-order valence-electron chi connectivity index (χ3n) is 1.85. The maximum absolute atomic E-state index is 12.4. The highest BCUT2D eigenvalue weighted by molar-refractivity contribution is 6.28. The lowest BCUT2D eigenvalue weighted by Gasteiger charge is -2.08. The summed E-state index contributed by atoms with van der Waals surface area (Å²) in [7, 11) is 0. The van der Waals surface area contributed by atoms with Gasteiger partial charge in [0.1, 0.15) is 0 Å². The lowest BCUT2D eigenvalue weighted by Crippen LogP contribution is -2.06. The first-order valence-corrected chi connectivity index (χ1v) is 4.48. The van der Waals surface area contributed by atoms with Crippen LogP contribution in [0.25, 0.3) is 5.69 Å². The molecule has 0 unspecified atom stereocenters. The van der Waals surface area contributed by atoms with Crippen LogP contribution in [0.3, 0.4) is 0 Å². The molecule has 0 spiro atoms. The van der Waals surface area contributed by atoms with Crippen LogP contribution in [0.15, 0.2) is 24.3 Å². The number of tetrazole rings is 1. The van der Waals surface area contributed by atoms with Crippen LogP contribution in [0.4, 0.5) is 13.2 Å². The van der Waals surface area contributed by atoms with Crippen LogP contribution < -0.4 is 0 Å². The van der Waals surface area contributed by atoms with Crippen LogP contribution in [-0.2, 0) is 6.18 Å². The van der Waals surface area contributed by atoms with Crippen molar-refractivity contribution in [2.45, 2.75) is 6.18 Å². The highest BCUT2D eigenvalue weighted by atomic mass is 35.5. The van der Waals surface area contributed by atoms with Crippen molar-refractivity contribution in [1.29, 1.82) is 0 Å². The van der Waals surface area contributed by atoms with E-state index in [4.69, 9.17) is 11.6 Å². The van der Waals surface area contributed by atoms with Gasteiger partial charge in [-0.15, -0.1) is 0 Å². The summed E-state index contributed by atoms with van der Waals surface area (Å²) in [6.07, 6.45) is -4.41. The molecule has 1 aromatic heterocycles. The van der Waals surface area contributed by atoms with Gasteiger partial charge in [-0.3, -0.25) is 0 Å². The van der Waals surface area contributed by atoms with E-state index in [0.717, 1.165) is 16.8 Å². The first-order chi connectivity index (χ1) is 7.48. The summed E-state index contributed by atoms with van der Waals surface area (Å²) in [6, 6.07) is 4.57. The Morgan fingerprint density at radius 3 is 2.56 bits per heavy atom. The van der Waals surface area contributed by atoms with Gasteiger partial charge in [0.05, 0.1) is 11.3 Å². The van der Waals surface area contributed by atoms with Gasteiger partial charge in [0.2, 0.25) is 5.28 Å². The monoisotopic (exact) mass is 248 g/mol. The molecule has 16 heavy (non-hydrogen) atoms. The number of rotatable bonds is 1. The fraction of sp³-hybridized carbons (Fsp3) is 0.125. The Hall–Kier alpha value is -1.63. The molecule has 0 aliphatic carbocycles. The predicted molar refractivity (Wildman–Crippen MR) is 49.2 cm³/mol. The normalized spacial score (nSPS) is 11.8. The number of hydrogen-bond acceptors (Lipinski definition) is 3. The van der Waals surface area contributed by atoms with Gasteiger partial charge in [0.25, 0.3) is 0 Å². The van der Waals surface area contributed by atoms with Crippen molar-refractivity contribution in [2.24, 2.45) is 0 Å². The molecule has 0 radical (unpaired) electrons. The number of hydrogen-bond donors (Lipinski definition) is 0. The molecule has 0 fully saturated rings. The van der Waals surface area contributed by atoms with Crippen molar-refractivity contribution in [3.05, 3.63) is 35.1 Å². The molecule has 84 valence electrons. The Balaban J connectivity index is 2.49. The fourth-order valence-electron chi connectivity index (χ4n) is 1.15. The summed E-state index contributed by atoms with van der Waals surface area (Å²) >= 11 is 5.59. The topological polar surface area (TPSA) is 43.6 Å². The third kappa shape index (κ3) is 1.99. The third-order valence-corrected chi connectivity index (χ3v) is 2.09. The molecular weight excluding hydrogens is 245 g/mol. The van der Waals surface area contributed by atoms with Gasteiger partial charge in [-0.25, -0.2) is 0 Å². The zero-order valence-corrected chi connectivity index (χ0v) is 8.37. The van der Waals surface area contributed by atoms with E-state index in [9.17, 15) is 13.2 Å². The largest absolute Gasteiger partial charge is 0.416 e. The van der Waals surface area contributed by atoms with E-state index >= 15 is 0 Å². The summed E-state index contributed by atoms with van der Waals surface area (Å²) in [5.74, 6) is 0. The van der Waals surface area contributed by atoms with E-state index in [1.807, 2.05) is 0 Å². The summed E-state index contributed by atoms with van der Waals surface area (Å²) in [5.41, 5.74) is -0.624. The summed E-state index contributed by atoms with van der Waals surface area (Å²) < 4.78 is 38.3. The Morgan fingerprint density at radius 1 is 1.25 bits per heavy atom. The van der Waals surface area contributed by atoms with E-state index in [-0.39, 0.29) is 11.0 Å². The predicted octanol–water partition coefficient (Wildman–Crippen LogP) is 2.33. The first kappa shape index (κ1) is 10.9. The molecule has 0 aliphatic rings. The van der Waals surface area contributed by atoms with Crippen LogP contribution in [0.2, 0.25) is 5.28 Å². The first-order valence-electron chi connectivity index (χ1n) is 4.10. The zero-order chi connectivity index (χ0) is 11.8. The fourth-order valence-corrected chi connectivity index (χ4v) is 1.31. The Morgan fingerprint density at radius 2 is 2.00 bits per heavy atom. The maximum atomic E-state index is 12.4. The van der Waals surface area contributed by atoms with Crippen LogP contribution in [0, 0.1) is 0 Å². The molecule has 0 N–H and O–H groups in total. The minimum absolute atomic E-state index is 0.0978. The zero-order valence-electron chi connectivity index (χ0n) is 7.61. The second kappa shape index (κ2) is 3.75. The molecule has 0 bridgehead atoms. The SMILES string of the molecule is FC(F)(F)c1cccc(-n2nnnc2Cl)c1. The standard InChI is InChI=1S/C8H4ClF3N4/c9-7-13-14-15-16(7)6-3-1-2-5(4-6)8(10,11)12/h1-4H. The number of halogens is 4. The maximum Gasteiger partial charge on any atom is 0.416 e. The van der Waals surface area contributed by atoms with Crippen molar-refractivity contribution in [3.63, 3.8) is 0 Å². The average molecular weight is 249 g/mol. The number of aromatic nitrogens is 4. The average Bonchev–Trinajstić information content (AvgIpc) is 2.63. The molecule has 0 aliphatic heterocycles. The Labute approximate surface area is 92.6 Å². The van der Waals surface area contributed by atoms with E-state index in [0.29, 0.717) is 0 Å². The van der Waals surface area contributed by atoms with Gasteiger partial charge < -0.3 is 0 Å². The summed E-state index contributed by atoms with van der Waals surface area (Å²) in [6.45, 7) is 0. The quantitative estimate of drug-likeness (QED) is 0.778. The van der Waals surface area contributed by atoms with E-state index < -0.39 is 11.7 Å². The molecule has 2 rings (SSSR count). The summed E-state index contributed by atoms with van der Waals surface area (Å²) in [5, 5.41) is 9.98. The van der Waals surface area contributed by atoms with E-state index in [1.165, 1.54) is 12.1 Å². The van der Waals surface area contributed by atoms with Gasteiger partial charge in [-0.1, -0.05) is 11.2 Å². The van der Waals surface area contributed by atoms with E-state index in [2.05, 4.69) is 15.5 Å². The van der Waals surface area contributed by atoms with Crippen LogP contribution in [0.1, 0.15) is 5.56 Å². The van der Waals surface area contributed by atoms with Crippen molar-refractivity contribution < 1.29 is 13.2 Å². The molecule has 2 aromatic rings. The van der Waals surface area contributed by atoms with Crippen LogP contribution >= 0.6 is 11.6 Å². The lowest BCUT2D eigenvalue weighted by atomic mass is 10.2. The molecule has 1 aromatic carbocycles. The Kier molecular flexibility index (Phi) is 2.55. The minimum Gasteiger partial charge on any atom is -0.183 e. The molecule has 8 heteroatoms. The summed E-state index contributed by atoms with van der Waals surface area (Å²) in [4.78, 5) is 0. The minimum atomic E-state index is -4.41. The van der Waals surface area contributed by atoms with Crippen molar-refractivity contribution in [2.75, 3.05) is 0 Å². The number of benzene rings is 1. The molecule has 0 atom stereocenters. The Bertz CT molecular complexity index is 508. The molecular formula is C8H4ClF3N4. The van der Waals surface area contributed by atoms with E-state index in [1.54, 1.807) is 0 Å². The van der Waals surface area contributed by atoms with Crippen LogP contribution in [0.5, 0.6) is 0 Å².